The van der Waals surface area contributed by atoms with Crippen LogP contribution in [0, 0.1) is 0 Å². The molecule has 1 aromatic carbocycles. The Morgan fingerprint density at radius 1 is 1.22 bits per heavy atom. The molecule has 23 heavy (non-hydrogen) atoms. The fraction of sp³-hybridized carbons (Fsp3) is 0.385. The van der Waals surface area contributed by atoms with Gasteiger partial charge in [0.25, 0.3) is 10.1 Å². The van der Waals surface area contributed by atoms with Crippen LogP contribution >= 0.6 is 0 Å². The van der Waals surface area contributed by atoms with Crippen LogP contribution in [0.5, 0.6) is 11.5 Å². The van der Waals surface area contributed by atoms with Crippen molar-refractivity contribution in [3.8, 4) is 11.5 Å². The number of hydrogen-bond acceptors (Lipinski definition) is 7. The summed E-state index contributed by atoms with van der Waals surface area (Å²) in [7, 11) is -3.61. The first-order valence-corrected chi connectivity index (χ1v) is 8.21. The van der Waals surface area contributed by atoms with Crippen LogP contribution in [-0.2, 0) is 30.3 Å². The molecule has 0 amide bonds. The summed E-state index contributed by atoms with van der Waals surface area (Å²) >= 11 is 0. The average Bonchev–Trinajstić information content (AvgIpc) is 2.76. The van der Waals surface area contributed by atoms with Gasteiger partial charge in [-0.1, -0.05) is 6.07 Å². The molecule has 0 saturated carbocycles. The van der Waals surface area contributed by atoms with Crippen LogP contribution in [0.4, 0.5) is 0 Å². The highest BCUT2D eigenvalue weighted by Gasteiger charge is 2.57. The second-order valence-corrected chi connectivity index (χ2v) is 6.63. The second-order valence-electron chi connectivity index (χ2n) is 5.03. The van der Waals surface area contributed by atoms with E-state index in [1.807, 2.05) is 0 Å². The minimum Gasteiger partial charge on any atom is -0.475 e. The number of carboxylic acids is 2. The Hall–Kier alpha value is -2.33. The van der Waals surface area contributed by atoms with Gasteiger partial charge in [0.15, 0.2) is 11.5 Å². The molecule has 9 nitrogen and oxygen atoms in total. The third kappa shape index (κ3) is 3.54. The van der Waals surface area contributed by atoms with Gasteiger partial charge in [0.2, 0.25) is 0 Å². The predicted molar refractivity (Wildman–Crippen MR) is 74.8 cm³/mol. The highest BCUT2D eigenvalue weighted by atomic mass is 32.2. The van der Waals surface area contributed by atoms with Gasteiger partial charge in [-0.3, -0.25) is 4.18 Å². The zero-order chi connectivity index (χ0) is 17.4. The molecule has 0 spiro atoms. The molecule has 1 atom stereocenters. The Labute approximate surface area is 131 Å². The van der Waals surface area contributed by atoms with Crippen molar-refractivity contribution in [2.24, 2.45) is 0 Å². The minimum absolute atomic E-state index is 0.0322. The SMILES string of the molecule is CC(Cc1ccc2c(c1)OC(C(=O)O)(C(=O)O)O2)OS(C)(=O)=O. The predicted octanol–water partition coefficient (Wildman–Crippen LogP) is 0.231. The van der Waals surface area contributed by atoms with Gasteiger partial charge in [-0.15, -0.1) is 0 Å². The maximum absolute atomic E-state index is 11.1. The molecular weight excluding hydrogens is 332 g/mol. The number of fused-ring (bicyclic) bond motifs is 1. The van der Waals surface area contributed by atoms with E-state index in [1.165, 1.54) is 18.2 Å². The molecule has 10 heteroatoms. The van der Waals surface area contributed by atoms with E-state index in [0.717, 1.165) is 6.26 Å². The molecule has 0 bridgehead atoms. The van der Waals surface area contributed by atoms with Crippen LogP contribution in [0.25, 0.3) is 0 Å². The van der Waals surface area contributed by atoms with E-state index in [2.05, 4.69) is 0 Å². The second kappa shape index (κ2) is 5.70. The van der Waals surface area contributed by atoms with E-state index in [9.17, 15) is 18.0 Å². The lowest BCUT2D eigenvalue weighted by Gasteiger charge is -2.16. The van der Waals surface area contributed by atoms with Gasteiger partial charge in [-0.05, 0) is 31.0 Å². The van der Waals surface area contributed by atoms with Crippen LogP contribution in [0.15, 0.2) is 18.2 Å². The van der Waals surface area contributed by atoms with Crippen molar-refractivity contribution in [1.82, 2.24) is 0 Å². The molecule has 0 aliphatic carbocycles. The Bertz CT molecular complexity index is 739. The summed E-state index contributed by atoms with van der Waals surface area (Å²) < 4.78 is 36.8. The van der Waals surface area contributed by atoms with Gasteiger partial charge >= 0.3 is 17.7 Å². The highest BCUT2D eigenvalue weighted by molar-refractivity contribution is 7.86. The normalized spacial score (nSPS) is 16.8. The smallest absolute Gasteiger partial charge is 0.453 e. The number of rotatable bonds is 6. The standard InChI is InChI=1S/C13H14O9S/c1-7(22-23(2,18)19)5-8-3-4-9-10(6-8)21-13(20-9,11(14)15)12(16)17/h3-4,6-7H,5H2,1-2H3,(H,14,15)(H,16,17). The summed E-state index contributed by atoms with van der Waals surface area (Å²) in [6.07, 6.45) is 0.461. The molecule has 0 fully saturated rings. The number of ether oxygens (including phenoxy) is 2. The maximum atomic E-state index is 11.1. The molecule has 0 saturated heterocycles. The van der Waals surface area contributed by atoms with Crippen molar-refractivity contribution in [2.75, 3.05) is 6.26 Å². The first kappa shape index (κ1) is 17.0. The summed E-state index contributed by atoms with van der Waals surface area (Å²) in [5.41, 5.74) is 0.565. The summed E-state index contributed by atoms with van der Waals surface area (Å²) in [6, 6.07) is 4.26. The van der Waals surface area contributed by atoms with E-state index >= 15 is 0 Å². The monoisotopic (exact) mass is 346 g/mol. The van der Waals surface area contributed by atoms with Crippen molar-refractivity contribution >= 4 is 22.1 Å². The first-order valence-electron chi connectivity index (χ1n) is 6.39. The van der Waals surface area contributed by atoms with Crippen LogP contribution in [0.2, 0.25) is 0 Å². The zero-order valence-electron chi connectivity index (χ0n) is 12.2. The van der Waals surface area contributed by atoms with E-state index in [-0.39, 0.29) is 17.9 Å². The largest absolute Gasteiger partial charge is 0.475 e. The Morgan fingerprint density at radius 3 is 2.30 bits per heavy atom. The van der Waals surface area contributed by atoms with Crippen molar-refractivity contribution in [3.63, 3.8) is 0 Å². The lowest BCUT2D eigenvalue weighted by Crippen LogP contribution is -2.54. The summed E-state index contributed by atoms with van der Waals surface area (Å²) in [6.45, 7) is 1.55. The molecule has 1 unspecified atom stereocenters. The summed E-state index contributed by atoms with van der Waals surface area (Å²) in [4.78, 5) is 22.3. The quantitative estimate of drug-likeness (QED) is 0.548. The third-order valence-corrected chi connectivity index (χ3v) is 3.62. The number of hydrogen-bond donors (Lipinski definition) is 2. The molecule has 1 aromatic rings. The minimum atomic E-state index is -3.61. The third-order valence-electron chi connectivity index (χ3n) is 2.94. The van der Waals surface area contributed by atoms with Crippen LogP contribution in [0.1, 0.15) is 12.5 Å². The van der Waals surface area contributed by atoms with Gasteiger partial charge in [-0.25, -0.2) is 9.59 Å². The van der Waals surface area contributed by atoms with Crippen LogP contribution < -0.4 is 9.47 Å². The van der Waals surface area contributed by atoms with Crippen LogP contribution in [0.3, 0.4) is 0 Å². The highest BCUT2D eigenvalue weighted by Crippen LogP contribution is 2.40. The molecule has 0 radical (unpaired) electrons. The number of aliphatic carboxylic acids is 2. The number of carboxylic acid groups (broad SMARTS) is 2. The molecule has 2 rings (SSSR count). The molecular formula is C13H14O9S. The Balaban J connectivity index is 2.21. The van der Waals surface area contributed by atoms with E-state index in [4.69, 9.17) is 23.9 Å². The van der Waals surface area contributed by atoms with Gasteiger partial charge in [0.1, 0.15) is 0 Å². The average molecular weight is 346 g/mol. The number of carbonyl (C=O) groups is 2. The Morgan fingerprint density at radius 2 is 1.78 bits per heavy atom. The van der Waals surface area contributed by atoms with E-state index in [0.29, 0.717) is 5.56 Å². The Kier molecular flexibility index (Phi) is 4.22. The molecule has 1 heterocycles. The van der Waals surface area contributed by atoms with E-state index < -0.39 is 33.9 Å². The lowest BCUT2D eigenvalue weighted by atomic mass is 10.1. The molecule has 0 aromatic heterocycles. The zero-order valence-corrected chi connectivity index (χ0v) is 13.0. The van der Waals surface area contributed by atoms with Gasteiger partial charge in [-0.2, -0.15) is 8.42 Å². The summed E-state index contributed by atoms with van der Waals surface area (Å²) in [5, 5.41) is 18.1. The van der Waals surface area contributed by atoms with Crippen molar-refractivity contribution in [1.29, 1.82) is 0 Å². The summed E-state index contributed by atoms with van der Waals surface area (Å²) in [5.74, 6) is -6.50. The molecule has 2 N–H and O–H groups in total. The fourth-order valence-corrected chi connectivity index (χ4v) is 2.77. The molecule has 1 aliphatic heterocycles. The van der Waals surface area contributed by atoms with Crippen molar-refractivity contribution < 1.29 is 41.9 Å². The first-order chi connectivity index (χ1) is 10.5. The van der Waals surface area contributed by atoms with Gasteiger partial charge < -0.3 is 19.7 Å². The fourth-order valence-electron chi connectivity index (χ4n) is 2.10. The van der Waals surface area contributed by atoms with Crippen LogP contribution in [-0.4, -0.2) is 48.7 Å². The lowest BCUT2D eigenvalue weighted by molar-refractivity contribution is -0.194. The van der Waals surface area contributed by atoms with E-state index in [1.54, 1.807) is 6.92 Å². The number of benzene rings is 1. The van der Waals surface area contributed by atoms with Crippen molar-refractivity contribution in [3.05, 3.63) is 23.8 Å². The maximum Gasteiger partial charge on any atom is 0.453 e. The molecule has 1 aliphatic rings. The van der Waals surface area contributed by atoms with Gasteiger partial charge in [0, 0.05) is 0 Å². The van der Waals surface area contributed by atoms with Gasteiger partial charge in [0.05, 0.1) is 12.4 Å². The van der Waals surface area contributed by atoms with Crippen molar-refractivity contribution in [2.45, 2.75) is 25.2 Å². The molecule has 126 valence electrons. The topological polar surface area (TPSA) is 136 Å².